The van der Waals surface area contributed by atoms with Crippen LogP contribution in [0.3, 0.4) is 0 Å². The Morgan fingerprint density at radius 1 is 1.50 bits per heavy atom. The van der Waals surface area contributed by atoms with Crippen molar-refractivity contribution in [3.05, 3.63) is 0 Å². The molecule has 1 aliphatic rings. The van der Waals surface area contributed by atoms with Crippen molar-refractivity contribution in [1.29, 1.82) is 0 Å². The minimum atomic E-state index is -4.27. The summed E-state index contributed by atoms with van der Waals surface area (Å²) in [6, 6.07) is -1.00. The Morgan fingerprint density at radius 2 is 2.07 bits per heavy atom. The van der Waals surface area contributed by atoms with E-state index in [4.69, 9.17) is 20.0 Å². The van der Waals surface area contributed by atoms with Gasteiger partial charge in [0.2, 0.25) is 0 Å². The zero-order valence-electron chi connectivity index (χ0n) is 7.28. The zero-order valence-corrected chi connectivity index (χ0v) is 8.17. The number of likely N-dealkylation sites (tertiary alicyclic amines) is 1. The minimum absolute atomic E-state index is 0.00926. The third kappa shape index (κ3) is 3.04. The lowest BCUT2D eigenvalue weighted by molar-refractivity contribution is -0.141. The normalized spacial score (nSPS) is 29.4. The number of β-amino-alcohol motifs (C(OH)–C–C–N with tert-alkyl or cyclic N) is 1. The highest BCUT2D eigenvalue weighted by Gasteiger charge is 2.38. The van der Waals surface area contributed by atoms with Crippen LogP contribution in [0.1, 0.15) is 6.42 Å². The van der Waals surface area contributed by atoms with Crippen LogP contribution < -0.4 is 0 Å². The lowest BCUT2D eigenvalue weighted by atomic mass is 10.2. The molecule has 0 saturated carbocycles. The molecule has 0 radical (unpaired) electrons. The molecule has 0 aromatic rings. The van der Waals surface area contributed by atoms with E-state index < -0.39 is 32.0 Å². The number of aliphatic hydroxyl groups is 1. The first-order chi connectivity index (χ1) is 6.29. The third-order valence-electron chi connectivity index (χ3n) is 2.03. The first kappa shape index (κ1) is 11.6. The van der Waals surface area contributed by atoms with Gasteiger partial charge in [-0.15, -0.1) is 0 Å². The number of nitrogens with zero attached hydrogens (tertiary/aromatic N) is 1. The molecule has 4 N–H and O–H groups in total. The Morgan fingerprint density at radius 3 is 2.50 bits per heavy atom. The molecule has 0 unspecified atom stereocenters. The van der Waals surface area contributed by atoms with Gasteiger partial charge >= 0.3 is 13.6 Å². The Labute approximate surface area is 80.1 Å². The SMILES string of the molecule is O=C(O)[C@@H]1C[C@@H](O)CN1CP(=O)(O)O. The molecule has 0 aliphatic carbocycles. The molecule has 0 spiro atoms. The molecule has 0 bridgehead atoms. The summed E-state index contributed by atoms with van der Waals surface area (Å²) >= 11 is 0. The van der Waals surface area contributed by atoms with E-state index in [1.165, 1.54) is 0 Å². The molecule has 0 amide bonds. The summed E-state index contributed by atoms with van der Waals surface area (Å²) in [5, 5.41) is 17.9. The van der Waals surface area contributed by atoms with Gasteiger partial charge < -0.3 is 20.0 Å². The standard InChI is InChI=1S/C6H12NO6P/c8-4-1-5(6(9)10)7(2-4)3-14(11,12)13/h4-5,8H,1-3H2,(H,9,10)(H2,11,12,13)/t4-,5+/m1/s1. The average Bonchev–Trinajstić information content (AvgIpc) is 2.27. The Balaban J connectivity index is 2.67. The minimum Gasteiger partial charge on any atom is -0.480 e. The Kier molecular flexibility index (Phi) is 3.28. The maximum absolute atomic E-state index is 10.6. The number of hydrogen-bond acceptors (Lipinski definition) is 4. The summed E-state index contributed by atoms with van der Waals surface area (Å²) in [6.45, 7) is -0.0118. The first-order valence-electron chi connectivity index (χ1n) is 3.99. The van der Waals surface area contributed by atoms with E-state index in [0.717, 1.165) is 4.90 Å². The predicted octanol–water partition coefficient (Wildman–Crippen LogP) is -1.36. The second kappa shape index (κ2) is 3.96. The van der Waals surface area contributed by atoms with Crippen LogP contribution in [0.4, 0.5) is 0 Å². The van der Waals surface area contributed by atoms with Crippen LogP contribution in [0.25, 0.3) is 0 Å². The molecule has 8 heteroatoms. The summed E-state index contributed by atoms with van der Waals surface area (Å²) < 4.78 is 10.6. The molecular formula is C6H12NO6P. The van der Waals surface area contributed by atoms with Crippen molar-refractivity contribution in [1.82, 2.24) is 4.90 Å². The van der Waals surface area contributed by atoms with Gasteiger partial charge in [-0.25, -0.2) is 0 Å². The molecule has 0 aromatic heterocycles. The highest BCUT2D eigenvalue weighted by Crippen LogP contribution is 2.37. The Hall–Kier alpha value is -0.460. The molecule has 2 atom stereocenters. The van der Waals surface area contributed by atoms with Crippen molar-refractivity contribution in [3.63, 3.8) is 0 Å². The van der Waals surface area contributed by atoms with E-state index >= 15 is 0 Å². The van der Waals surface area contributed by atoms with Crippen LogP contribution in [-0.2, 0) is 9.36 Å². The summed E-state index contributed by atoms with van der Waals surface area (Å²) in [4.78, 5) is 29.0. The van der Waals surface area contributed by atoms with Crippen LogP contribution in [0.2, 0.25) is 0 Å². The number of carboxylic acid groups (broad SMARTS) is 1. The number of carbonyl (C=O) groups is 1. The monoisotopic (exact) mass is 225 g/mol. The van der Waals surface area contributed by atoms with Crippen molar-refractivity contribution in [2.75, 3.05) is 12.8 Å². The molecule has 7 nitrogen and oxygen atoms in total. The average molecular weight is 225 g/mol. The number of carboxylic acids is 1. The molecular weight excluding hydrogens is 213 g/mol. The molecule has 0 aromatic carbocycles. The number of aliphatic hydroxyl groups excluding tert-OH is 1. The highest BCUT2D eigenvalue weighted by atomic mass is 31.2. The van der Waals surface area contributed by atoms with E-state index in [0.29, 0.717) is 0 Å². The summed E-state index contributed by atoms with van der Waals surface area (Å²) in [6.07, 6.45) is -1.45. The molecule has 1 fully saturated rings. The fraction of sp³-hybridized carbons (Fsp3) is 0.833. The molecule has 1 aliphatic heterocycles. The highest BCUT2D eigenvalue weighted by molar-refractivity contribution is 7.51. The molecule has 1 saturated heterocycles. The van der Waals surface area contributed by atoms with Gasteiger partial charge in [0.1, 0.15) is 12.3 Å². The van der Waals surface area contributed by atoms with Gasteiger partial charge in [-0.2, -0.15) is 0 Å². The quantitative estimate of drug-likeness (QED) is 0.438. The van der Waals surface area contributed by atoms with Crippen LogP contribution >= 0.6 is 7.60 Å². The molecule has 1 heterocycles. The predicted molar refractivity (Wildman–Crippen MR) is 45.7 cm³/mol. The fourth-order valence-corrected chi connectivity index (χ4v) is 2.32. The maximum atomic E-state index is 10.6. The Bertz CT molecular complexity index is 275. The summed E-state index contributed by atoms with van der Waals surface area (Å²) in [5.74, 6) is -1.17. The van der Waals surface area contributed by atoms with Crippen molar-refractivity contribution >= 4 is 13.6 Å². The van der Waals surface area contributed by atoms with Crippen LogP contribution in [0.5, 0.6) is 0 Å². The van der Waals surface area contributed by atoms with Gasteiger partial charge in [0.25, 0.3) is 0 Å². The number of aliphatic carboxylic acids is 1. The van der Waals surface area contributed by atoms with Crippen LogP contribution in [0.15, 0.2) is 0 Å². The van der Waals surface area contributed by atoms with Crippen LogP contribution in [0, 0.1) is 0 Å². The van der Waals surface area contributed by atoms with E-state index in [1.807, 2.05) is 0 Å². The van der Waals surface area contributed by atoms with E-state index in [9.17, 15) is 9.36 Å². The lowest BCUT2D eigenvalue weighted by Gasteiger charge is -2.20. The first-order valence-corrected chi connectivity index (χ1v) is 5.79. The lowest BCUT2D eigenvalue weighted by Crippen LogP contribution is -2.36. The van der Waals surface area contributed by atoms with Crippen LogP contribution in [-0.4, -0.2) is 55.8 Å². The van der Waals surface area contributed by atoms with E-state index in [-0.39, 0.29) is 13.0 Å². The van der Waals surface area contributed by atoms with Gasteiger partial charge in [0.05, 0.1) is 6.10 Å². The largest absolute Gasteiger partial charge is 0.480 e. The molecule has 82 valence electrons. The van der Waals surface area contributed by atoms with Gasteiger partial charge in [0.15, 0.2) is 0 Å². The van der Waals surface area contributed by atoms with E-state index in [1.54, 1.807) is 0 Å². The second-order valence-corrected chi connectivity index (χ2v) is 4.93. The van der Waals surface area contributed by atoms with Crippen molar-refractivity contribution in [3.8, 4) is 0 Å². The van der Waals surface area contributed by atoms with E-state index in [2.05, 4.69) is 0 Å². The van der Waals surface area contributed by atoms with Gasteiger partial charge in [0, 0.05) is 13.0 Å². The van der Waals surface area contributed by atoms with Crippen molar-refractivity contribution in [2.45, 2.75) is 18.6 Å². The number of hydrogen-bond donors (Lipinski definition) is 4. The molecule has 1 rings (SSSR count). The zero-order chi connectivity index (χ0) is 10.9. The van der Waals surface area contributed by atoms with Gasteiger partial charge in [-0.1, -0.05) is 0 Å². The topological polar surface area (TPSA) is 118 Å². The summed E-state index contributed by atoms with van der Waals surface area (Å²) in [5.41, 5.74) is 0. The smallest absolute Gasteiger partial charge is 0.339 e. The molecule has 14 heavy (non-hydrogen) atoms. The maximum Gasteiger partial charge on any atom is 0.339 e. The van der Waals surface area contributed by atoms with Gasteiger partial charge in [-0.05, 0) is 0 Å². The number of rotatable bonds is 3. The van der Waals surface area contributed by atoms with Crippen molar-refractivity contribution < 1.29 is 29.4 Å². The second-order valence-electron chi connectivity index (χ2n) is 3.32. The summed E-state index contributed by atoms with van der Waals surface area (Å²) in [7, 11) is -4.27. The fourth-order valence-electron chi connectivity index (χ4n) is 1.53. The third-order valence-corrected chi connectivity index (χ3v) is 2.76. The van der Waals surface area contributed by atoms with Gasteiger partial charge in [-0.3, -0.25) is 14.3 Å². The van der Waals surface area contributed by atoms with Crippen molar-refractivity contribution in [2.24, 2.45) is 0 Å².